The standard InChI is InChI=1S/C28H30ClN3O/c1-17(2)31(28(33)27-20(5)13-19(4)14-21(27)6)16-26-30-24-12-9-22(29)15-25(24)32(26)23-10-7-18(3)8-11-23/h7-15,17H,16H2,1-6H3. The molecular weight excluding hydrogens is 430 g/mol. The molecule has 4 nitrogen and oxygen atoms in total. The van der Waals surface area contributed by atoms with Crippen molar-refractivity contribution in [2.75, 3.05) is 0 Å². The number of benzene rings is 3. The van der Waals surface area contributed by atoms with Gasteiger partial charge in [0.2, 0.25) is 0 Å². The Kier molecular flexibility index (Phi) is 6.31. The van der Waals surface area contributed by atoms with E-state index in [2.05, 4.69) is 54.8 Å². The van der Waals surface area contributed by atoms with Gasteiger partial charge in [-0.3, -0.25) is 9.36 Å². The summed E-state index contributed by atoms with van der Waals surface area (Å²) in [6, 6.07) is 18.2. The maximum atomic E-state index is 13.8. The Balaban J connectivity index is 1.83. The van der Waals surface area contributed by atoms with Crippen LogP contribution in [0.3, 0.4) is 0 Å². The number of hydrogen-bond acceptors (Lipinski definition) is 2. The molecule has 0 saturated carbocycles. The van der Waals surface area contributed by atoms with Crippen molar-refractivity contribution >= 4 is 28.5 Å². The topological polar surface area (TPSA) is 38.1 Å². The van der Waals surface area contributed by atoms with Gasteiger partial charge in [-0.25, -0.2) is 4.98 Å². The highest BCUT2D eigenvalue weighted by molar-refractivity contribution is 6.31. The quantitative estimate of drug-likeness (QED) is 0.323. The highest BCUT2D eigenvalue weighted by Crippen LogP contribution is 2.27. The summed E-state index contributed by atoms with van der Waals surface area (Å²) in [6.45, 7) is 12.6. The van der Waals surface area contributed by atoms with Crippen LogP contribution >= 0.6 is 11.6 Å². The molecule has 0 aliphatic carbocycles. The number of aromatic nitrogens is 2. The number of carbonyl (C=O) groups excluding carboxylic acids is 1. The van der Waals surface area contributed by atoms with Gasteiger partial charge in [0.15, 0.2) is 0 Å². The number of carbonyl (C=O) groups is 1. The molecule has 33 heavy (non-hydrogen) atoms. The lowest BCUT2D eigenvalue weighted by atomic mass is 9.98. The van der Waals surface area contributed by atoms with Crippen LogP contribution in [0.5, 0.6) is 0 Å². The predicted octanol–water partition coefficient (Wildman–Crippen LogP) is 6.96. The molecule has 170 valence electrons. The Morgan fingerprint density at radius 3 is 2.18 bits per heavy atom. The second-order valence-electron chi connectivity index (χ2n) is 9.13. The summed E-state index contributed by atoms with van der Waals surface area (Å²) in [7, 11) is 0. The predicted molar refractivity (Wildman–Crippen MR) is 136 cm³/mol. The summed E-state index contributed by atoms with van der Waals surface area (Å²) in [4.78, 5) is 20.6. The Morgan fingerprint density at radius 1 is 0.939 bits per heavy atom. The summed E-state index contributed by atoms with van der Waals surface area (Å²) in [5, 5.41) is 0.657. The second-order valence-corrected chi connectivity index (χ2v) is 9.57. The van der Waals surface area contributed by atoms with Gasteiger partial charge in [-0.05, 0) is 83.0 Å². The van der Waals surface area contributed by atoms with Crippen molar-refractivity contribution in [3.63, 3.8) is 0 Å². The van der Waals surface area contributed by atoms with E-state index >= 15 is 0 Å². The Morgan fingerprint density at radius 2 is 1.58 bits per heavy atom. The second kappa shape index (κ2) is 9.03. The molecule has 1 heterocycles. The van der Waals surface area contributed by atoms with Gasteiger partial charge in [-0.1, -0.05) is 47.0 Å². The van der Waals surface area contributed by atoms with Gasteiger partial charge in [0.1, 0.15) is 5.82 Å². The highest BCUT2D eigenvalue weighted by atomic mass is 35.5. The summed E-state index contributed by atoms with van der Waals surface area (Å²) in [5.74, 6) is 0.834. The van der Waals surface area contributed by atoms with Crippen LogP contribution in [-0.2, 0) is 6.54 Å². The fraction of sp³-hybridized carbons (Fsp3) is 0.286. The fourth-order valence-electron chi connectivity index (χ4n) is 4.49. The normalized spacial score (nSPS) is 11.4. The van der Waals surface area contributed by atoms with Crippen molar-refractivity contribution in [3.05, 3.63) is 93.3 Å². The number of hydrogen-bond donors (Lipinski definition) is 0. The maximum absolute atomic E-state index is 13.8. The number of rotatable bonds is 5. The number of imidazole rings is 1. The van der Waals surface area contributed by atoms with Gasteiger partial charge in [-0.15, -0.1) is 0 Å². The first-order valence-corrected chi connectivity index (χ1v) is 11.7. The smallest absolute Gasteiger partial charge is 0.255 e. The molecule has 1 aromatic heterocycles. The molecule has 0 unspecified atom stereocenters. The zero-order valence-corrected chi connectivity index (χ0v) is 20.9. The molecule has 4 rings (SSSR count). The fourth-order valence-corrected chi connectivity index (χ4v) is 4.65. The van der Waals surface area contributed by atoms with E-state index in [-0.39, 0.29) is 11.9 Å². The molecule has 5 heteroatoms. The summed E-state index contributed by atoms with van der Waals surface area (Å²) >= 11 is 6.34. The van der Waals surface area contributed by atoms with Crippen LogP contribution < -0.4 is 0 Å². The van der Waals surface area contributed by atoms with E-state index in [1.54, 1.807) is 0 Å². The zero-order chi connectivity index (χ0) is 23.9. The SMILES string of the molecule is Cc1ccc(-n2c(CN(C(=O)c3c(C)cc(C)cc3C)C(C)C)nc3ccc(Cl)cc32)cc1. The molecule has 0 aliphatic rings. The van der Waals surface area contributed by atoms with Crippen LogP contribution in [0.2, 0.25) is 5.02 Å². The van der Waals surface area contributed by atoms with Crippen molar-refractivity contribution in [1.82, 2.24) is 14.5 Å². The van der Waals surface area contributed by atoms with E-state index in [1.807, 2.05) is 50.8 Å². The number of aryl methyl sites for hydroxylation is 4. The first-order chi connectivity index (χ1) is 15.7. The first kappa shape index (κ1) is 23.1. The van der Waals surface area contributed by atoms with Crippen LogP contribution in [0.1, 0.15) is 52.3 Å². The Labute approximate surface area is 200 Å². The molecule has 4 aromatic rings. The molecule has 0 atom stereocenters. The van der Waals surface area contributed by atoms with Gasteiger partial charge < -0.3 is 4.90 Å². The minimum Gasteiger partial charge on any atom is -0.329 e. The molecule has 0 saturated heterocycles. The zero-order valence-electron chi connectivity index (χ0n) is 20.1. The van der Waals surface area contributed by atoms with Crippen molar-refractivity contribution < 1.29 is 4.79 Å². The molecule has 1 amide bonds. The van der Waals surface area contributed by atoms with Gasteiger partial charge in [-0.2, -0.15) is 0 Å². The highest BCUT2D eigenvalue weighted by Gasteiger charge is 2.25. The minimum absolute atomic E-state index is 0.00692. The lowest BCUT2D eigenvalue weighted by Gasteiger charge is -2.28. The van der Waals surface area contributed by atoms with E-state index in [9.17, 15) is 4.79 Å². The van der Waals surface area contributed by atoms with Crippen LogP contribution in [0.4, 0.5) is 0 Å². The number of halogens is 1. The van der Waals surface area contributed by atoms with Gasteiger partial charge in [0.25, 0.3) is 5.91 Å². The van der Waals surface area contributed by atoms with E-state index < -0.39 is 0 Å². The van der Waals surface area contributed by atoms with Gasteiger partial charge in [0.05, 0.1) is 17.6 Å². The van der Waals surface area contributed by atoms with E-state index in [0.717, 1.165) is 44.8 Å². The third-order valence-electron chi connectivity index (χ3n) is 6.07. The largest absolute Gasteiger partial charge is 0.329 e. The van der Waals surface area contributed by atoms with Crippen molar-refractivity contribution in [2.45, 2.75) is 54.1 Å². The number of fused-ring (bicyclic) bond motifs is 1. The lowest BCUT2D eigenvalue weighted by molar-refractivity contribution is 0.0683. The molecule has 0 fully saturated rings. The monoisotopic (exact) mass is 459 g/mol. The summed E-state index contributed by atoms with van der Waals surface area (Å²) < 4.78 is 2.11. The van der Waals surface area contributed by atoms with E-state index in [1.165, 1.54) is 5.56 Å². The van der Waals surface area contributed by atoms with Crippen LogP contribution in [0.15, 0.2) is 54.6 Å². The molecule has 3 aromatic carbocycles. The number of nitrogens with zero attached hydrogens (tertiary/aromatic N) is 3. The molecule has 0 radical (unpaired) electrons. The first-order valence-electron chi connectivity index (χ1n) is 11.3. The van der Waals surface area contributed by atoms with Crippen molar-refractivity contribution in [3.8, 4) is 5.69 Å². The Hall–Kier alpha value is -3.11. The van der Waals surface area contributed by atoms with Gasteiger partial charge >= 0.3 is 0 Å². The van der Waals surface area contributed by atoms with Crippen LogP contribution in [0, 0.1) is 27.7 Å². The van der Waals surface area contributed by atoms with Crippen LogP contribution in [0.25, 0.3) is 16.7 Å². The third-order valence-corrected chi connectivity index (χ3v) is 6.30. The Bertz CT molecular complexity index is 1310. The van der Waals surface area contributed by atoms with Crippen molar-refractivity contribution in [1.29, 1.82) is 0 Å². The third kappa shape index (κ3) is 4.53. The minimum atomic E-state index is 0.00692. The molecule has 0 N–H and O–H groups in total. The average molecular weight is 460 g/mol. The molecule has 0 bridgehead atoms. The molecular formula is C28H30ClN3O. The lowest BCUT2D eigenvalue weighted by Crippen LogP contribution is -2.38. The van der Waals surface area contributed by atoms with Gasteiger partial charge in [0, 0.05) is 22.3 Å². The van der Waals surface area contributed by atoms with Crippen molar-refractivity contribution in [2.24, 2.45) is 0 Å². The maximum Gasteiger partial charge on any atom is 0.255 e. The number of amides is 1. The molecule has 0 aliphatic heterocycles. The average Bonchev–Trinajstić information content (AvgIpc) is 3.08. The molecule has 0 spiro atoms. The van der Waals surface area contributed by atoms with E-state index in [4.69, 9.17) is 16.6 Å². The summed E-state index contributed by atoms with van der Waals surface area (Å²) in [5.41, 5.74) is 7.91. The van der Waals surface area contributed by atoms with E-state index in [0.29, 0.717) is 11.6 Å². The van der Waals surface area contributed by atoms with Crippen LogP contribution in [-0.4, -0.2) is 26.4 Å². The summed E-state index contributed by atoms with van der Waals surface area (Å²) in [6.07, 6.45) is 0.